The Labute approximate surface area is 115 Å². The van der Waals surface area contributed by atoms with Crippen LogP contribution in [0.1, 0.15) is 17.7 Å². The predicted molar refractivity (Wildman–Crippen MR) is 74.3 cm³/mol. The number of nitrogen functional groups attached to an aromatic ring is 1. The Morgan fingerprint density at radius 3 is 2.84 bits per heavy atom. The van der Waals surface area contributed by atoms with Gasteiger partial charge in [0.25, 0.3) is 0 Å². The first-order chi connectivity index (χ1) is 9.31. The van der Waals surface area contributed by atoms with Crippen molar-refractivity contribution < 1.29 is 4.74 Å². The molecule has 100 valence electrons. The Morgan fingerprint density at radius 1 is 1.26 bits per heavy atom. The van der Waals surface area contributed by atoms with Crippen LogP contribution in [-0.2, 0) is 6.61 Å². The molecule has 0 aliphatic carbocycles. The van der Waals surface area contributed by atoms with Crippen LogP contribution in [0.5, 0.6) is 6.01 Å². The second-order valence-electron chi connectivity index (χ2n) is 4.34. The van der Waals surface area contributed by atoms with Gasteiger partial charge in [0.15, 0.2) is 0 Å². The summed E-state index contributed by atoms with van der Waals surface area (Å²) in [5, 5.41) is 2.01. The van der Waals surface area contributed by atoms with E-state index in [0.717, 1.165) is 30.8 Å². The minimum atomic E-state index is 0.207. The molecule has 3 heterocycles. The summed E-state index contributed by atoms with van der Waals surface area (Å²) < 4.78 is 5.57. The molecule has 0 unspecified atom stereocenters. The lowest BCUT2D eigenvalue weighted by Gasteiger charge is -2.15. The van der Waals surface area contributed by atoms with Crippen molar-refractivity contribution in [1.82, 2.24) is 15.0 Å². The number of hydrogen-bond acceptors (Lipinski definition) is 7. The second-order valence-corrected chi connectivity index (χ2v) is 5.37. The van der Waals surface area contributed by atoms with Gasteiger partial charge in [-0.25, -0.2) is 0 Å². The molecule has 2 N–H and O–H groups in total. The van der Waals surface area contributed by atoms with Gasteiger partial charge in [-0.05, 0) is 24.3 Å². The van der Waals surface area contributed by atoms with Crippen molar-refractivity contribution in [1.29, 1.82) is 0 Å². The smallest absolute Gasteiger partial charge is 0.323 e. The summed E-state index contributed by atoms with van der Waals surface area (Å²) in [5.41, 5.74) is 5.71. The van der Waals surface area contributed by atoms with Crippen LogP contribution in [0, 0.1) is 0 Å². The molecule has 0 saturated carbocycles. The molecule has 19 heavy (non-hydrogen) atoms. The highest BCUT2D eigenvalue weighted by Crippen LogP contribution is 2.19. The average molecular weight is 277 g/mol. The van der Waals surface area contributed by atoms with Gasteiger partial charge in [-0.2, -0.15) is 15.0 Å². The minimum Gasteiger partial charge on any atom is -0.458 e. The molecular formula is C12H15N5OS. The number of rotatable bonds is 4. The van der Waals surface area contributed by atoms with Gasteiger partial charge in [-0.3, -0.25) is 0 Å². The molecule has 2 aromatic heterocycles. The van der Waals surface area contributed by atoms with Crippen LogP contribution in [-0.4, -0.2) is 28.0 Å². The van der Waals surface area contributed by atoms with Crippen molar-refractivity contribution in [2.24, 2.45) is 0 Å². The molecule has 1 aliphatic heterocycles. The van der Waals surface area contributed by atoms with E-state index in [9.17, 15) is 0 Å². The van der Waals surface area contributed by atoms with Crippen LogP contribution < -0.4 is 15.4 Å². The maximum absolute atomic E-state index is 5.71. The first kappa shape index (κ1) is 12.2. The monoisotopic (exact) mass is 277 g/mol. The maximum Gasteiger partial charge on any atom is 0.323 e. The number of thiophene rings is 1. The fourth-order valence-electron chi connectivity index (χ4n) is 2.01. The summed E-state index contributed by atoms with van der Waals surface area (Å²) in [6.07, 6.45) is 2.33. The second kappa shape index (κ2) is 5.40. The quantitative estimate of drug-likeness (QED) is 0.916. The third-order valence-electron chi connectivity index (χ3n) is 2.93. The van der Waals surface area contributed by atoms with Crippen molar-refractivity contribution in [2.45, 2.75) is 19.4 Å². The third kappa shape index (κ3) is 2.93. The van der Waals surface area contributed by atoms with E-state index in [1.807, 2.05) is 17.5 Å². The number of hydrogen-bond donors (Lipinski definition) is 1. The topological polar surface area (TPSA) is 77.2 Å². The predicted octanol–water partition coefficient (Wildman–Crippen LogP) is 1.69. The molecule has 0 aromatic carbocycles. The fraction of sp³-hybridized carbons (Fsp3) is 0.417. The lowest BCUT2D eigenvalue weighted by Crippen LogP contribution is -2.21. The number of aromatic nitrogens is 3. The Bertz CT molecular complexity index is 539. The van der Waals surface area contributed by atoms with E-state index in [2.05, 4.69) is 19.9 Å². The van der Waals surface area contributed by atoms with Crippen LogP contribution in [0.25, 0.3) is 0 Å². The SMILES string of the molecule is Nc1nc(OCc2cccs2)nc(N2CCCC2)n1. The lowest BCUT2D eigenvalue weighted by atomic mass is 10.4. The van der Waals surface area contributed by atoms with Crippen molar-refractivity contribution in [3.8, 4) is 6.01 Å². The number of ether oxygens (including phenoxy) is 1. The standard InChI is InChI=1S/C12H15N5OS/c13-10-14-11(17-5-1-2-6-17)16-12(15-10)18-8-9-4-3-7-19-9/h3-4,7H,1-2,5-6,8H2,(H2,13,14,15,16). The Morgan fingerprint density at radius 2 is 2.11 bits per heavy atom. The van der Waals surface area contributed by atoms with E-state index < -0.39 is 0 Å². The van der Waals surface area contributed by atoms with Crippen molar-refractivity contribution in [3.63, 3.8) is 0 Å². The molecule has 1 saturated heterocycles. The normalized spacial score (nSPS) is 14.8. The summed E-state index contributed by atoms with van der Waals surface area (Å²) in [4.78, 5) is 15.7. The minimum absolute atomic E-state index is 0.207. The summed E-state index contributed by atoms with van der Waals surface area (Å²) in [5.74, 6) is 0.823. The van der Waals surface area contributed by atoms with Crippen molar-refractivity contribution in [2.75, 3.05) is 23.7 Å². The largest absolute Gasteiger partial charge is 0.458 e. The molecule has 6 nitrogen and oxygen atoms in total. The van der Waals surface area contributed by atoms with E-state index in [1.54, 1.807) is 11.3 Å². The van der Waals surface area contributed by atoms with Crippen LogP contribution in [0.3, 0.4) is 0 Å². The highest BCUT2D eigenvalue weighted by atomic mass is 32.1. The molecule has 7 heteroatoms. The van der Waals surface area contributed by atoms with Crippen molar-refractivity contribution in [3.05, 3.63) is 22.4 Å². The molecule has 3 rings (SSSR count). The van der Waals surface area contributed by atoms with Gasteiger partial charge in [-0.1, -0.05) is 6.07 Å². The van der Waals surface area contributed by atoms with Gasteiger partial charge in [0.05, 0.1) is 0 Å². The summed E-state index contributed by atoms with van der Waals surface area (Å²) in [7, 11) is 0. The number of nitrogens with two attached hydrogens (primary N) is 1. The van der Waals surface area contributed by atoms with Crippen LogP contribution in [0.2, 0.25) is 0 Å². The van der Waals surface area contributed by atoms with E-state index in [0.29, 0.717) is 18.6 Å². The Kier molecular flexibility index (Phi) is 3.45. The van der Waals surface area contributed by atoms with Gasteiger partial charge in [-0.15, -0.1) is 11.3 Å². The molecule has 0 spiro atoms. The highest BCUT2D eigenvalue weighted by Gasteiger charge is 2.17. The van der Waals surface area contributed by atoms with E-state index in [4.69, 9.17) is 10.5 Å². The van der Waals surface area contributed by atoms with Gasteiger partial charge in [0, 0.05) is 18.0 Å². The molecular weight excluding hydrogens is 262 g/mol. The zero-order valence-electron chi connectivity index (χ0n) is 10.5. The first-order valence-corrected chi connectivity index (χ1v) is 7.11. The zero-order chi connectivity index (χ0) is 13.1. The molecule has 0 atom stereocenters. The van der Waals surface area contributed by atoms with E-state index >= 15 is 0 Å². The van der Waals surface area contributed by atoms with Gasteiger partial charge in [0.1, 0.15) is 6.61 Å². The first-order valence-electron chi connectivity index (χ1n) is 6.23. The molecule has 2 aromatic rings. The highest BCUT2D eigenvalue weighted by molar-refractivity contribution is 7.09. The maximum atomic E-state index is 5.71. The molecule has 0 bridgehead atoms. The average Bonchev–Trinajstić information content (AvgIpc) is 3.09. The third-order valence-corrected chi connectivity index (χ3v) is 3.78. The molecule has 1 aliphatic rings. The van der Waals surface area contributed by atoms with Crippen LogP contribution >= 0.6 is 11.3 Å². The molecule has 0 amide bonds. The Hall–Kier alpha value is -1.89. The molecule has 1 fully saturated rings. The zero-order valence-corrected chi connectivity index (χ0v) is 11.3. The van der Waals surface area contributed by atoms with Crippen molar-refractivity contribution >= 4 is 23.2 Å². The van der Waals surface area contributed by atoms with Gasteiger partial charge < -0.3 is 15.4 Å². The Balaban J connectivity index is 1.73. The molecule has 0 radical (unpaired) electrons. The van der Waals surface area contributed by atoms with Crippen LogP contribution in [0.15, 0.2) is 17.5 Å². The van der Waals surface area contributed by atoms with Gasteiger partial charge in [0.2, 0.25) is 11.9 Å². The van der Waals surface area contributed by atoms with Crippen LogP contribution in [0.4, 0.5) is 11.9 Å². The summed E-state index contributed by atoms with van der Waals surface area (Å²) in [6.45, 7) is 2.39. The number of anilines is 2. The van der Waals surface area contributed by atoms with E-state index in [-0.39, 0.29) is 5.95 Å². The fourth-order valence-corrected chi connectivity index (χ4v) is 2.63. The van der Waals surface area contributed by atoms with Gasteiger partial charge >= 0.3 is 6.01 Å². The number of nitrogens with zero attached hydrogens (tertiary/aromatic N) is 4. The lowest BCUT2D eigenvalue weighted by molar-refractivity contribution is 0.283. The van der Waals surface area contributed by atoms with E-state index in [1.165, 1.54) is 0 Å². The summed E-state index contributed by atoms with van der Waals surface area (Å²) >= 11 is 1.64. The summed E-state index contributed by atoms with van der Waals surface area (Å²) in [6, 6.07) is 4.29.